The van der Waals surface area contributed by atoms with Gasteiger partial charge in [0.15, 0.2) is 0 Å². The van der Waals surface area contributed by atoms with Gasteiger partial charge in [0.25, 0.3) is 0 Å². The van der Waals surface area contributed by atoms with Gasteiger partial charge in [0.05, 0.1) is 18.7 Å². The largest absolute Gasteiger partial charge is 0.456 e. The van der Waals surface area contributed by atoms with E-state index in [-0.39, 0.29) is 5.97 Å². The van der Waals surface area contributed by atoms with Crippen molar-refractivity contribution < 1.29 is 14.8 Å². The third-order valence-corrected chi connectivity index (χ3v) is 4.67. The van der Waals surface area contributed by atoms with Crippen LogP contribution in [-0.2, 0) is 4.74 Å². The van der Waals surface area contributed by atoms with Crippen LogP contribution in [0.4, 0.5) is 0 Å². The SMILES string of the molecule is Cc1c(Cl)cccc1C(=O)OC(C)(C)C1CC[NH2+]CC1. The first kappa shape index (κ1) is 15.3. The number of ether oxygens (including phenoxy) is 1. The van der Waals surface area contributed by atoms with Gasteiger partial charge in [-0.25, -0.2) is 4.79 Å². The Bertz CT molecular complexity index is 493. The number of hydrogen-bond acceptors (Lipinski definition) is 2. The van der Waals surface area contributed by atoms with Crippen molar-refractivity contribution in [2.75, 3.05) is 13.1 Å². The first-order valence-electron chi connectivity index (χ1n) is 7.22. The van der Waals surface area contributed by atoms with E-state index in [1.807, 2.05) is 20.8 Å². The van der Waals surface area contributed by atoms with E-state index in [4.69, 9.17) is 16.3 Å². The van der Waals surface area contributed by atoms with Crippen molar-refractivity contribution in [3.63, 3.8) is 0 Å². The van der Waals surface area contributed by atoms with Crippen LogP contribution in [0.5, 0.6) is 0 Å². The molecule has 3 nitrogen and oxygen atoms in total. The fourth-order valence-corrected chi connectivity index (χ4v) is 3.00. The van der Waals surface area contributed by atoms with E-state index in [1.54, 1.807) is 18.2 Å². The average molecular weight is 297 g/mol. The monoisotopic (exact) mass is 296 g/mol. The second-order valence-corrected chi connectivity index (χ2v) is 6.45. The Kier molecular flexibility index (Phi) is 4.71. The lowest BCUT2D eigenvalue weighted by Crippen LogP contribution is -2.86. The van der Waals surface area contributed by atoms with Gasteiger partial charge in [0.1, 0.15) is 5.60 Å². The van der Waals surface area contributed by atoms with E-state index in [0.29, 0.717) is 16.5 Å². The zero-order valence-corrected chi connectivity index (χ0v) is 13.2. The molecule has 0 amide bonds. The van der Waals surface area contributed by atoms with E-state index in [0.717, 1.165) is 31.5 Å². The fourth-order valence-electron chi connectivity index (χ4n) is 2.83. The summed E-state index contributed by atoms with van der Waals surface area (Å²) in [5, 5.41) is 2.92. The highest BCUT2D eigenvalue weighted by Crippen LogP contribution is 2.29. The molecule has 1 aromatic carbocycles. The van der Waals surface area contributed by atoms with Crippen LogP contribution >= 0.6 is 11.6 Å². The van der Waals surface area contributed by atoms with Gasteiger partial charge in [-0.15, -0.1) is 0 Å². The number of piperidine rings is 1. The number of halogens is 1. The number of carbonyl (C=O) groups is 1. The van der Waals surface area contributed by atoms with Gasteiger partial charge in [0, 0.05) is 23.8 Å². The van der Waals surface area contributed by atoms with Gasteiger partial charge >= 0.3 is 5.97 Å². The average Bonchev–Trinajstić information content (AvgIpc) is 2.42. The van der Waals surface area contributed by atoms with E-state index in [2.05, 4.69) is 5.32 Å². The highest BCUT2D eigenvalue weighted by atomic mass is 35.5. The molecular weight excluding hydrogens is 274 g/mol. The zero-order chi connectivity index (χ0) is 14.8. The Morgan fingerprint density at radius 3 is 2.65 bits per heavy atom. The minimum absolute atomic E-state index is 0.274. The van der Waals surface area contributed by atoms with Crippen molar-refractivity contribution >= 4 is 17.6 Å². The van der Waals surface area contributed by atoms with E-state index in [9.17, 15) is 4.79 Å². The molecule has 0 atom stereocenters. The molecule has 0 unspecified atom stereocenters. The van der Waals surface area contributed by atoms with Crippen LogP contribution in [0.15, 0.2) is 18.2 Å². The van der Waals surface area contributed by atoms with Crippen LogP contribution in [0, 0.1) is 12.8 Å². The molecule has 2 rings (SSSR count). The second kappa shape index (κ2) is 6.15. The summed E-state index contributed by atoms with van der Waals surface area (Å²) in [6.45, 7) is 8.10. The van der Waals surface area contributed by atoms with E-state index in [1.165, 1.54) is 0 Å². The lowest BCUT2D eigenvalue weighted by Gasteiger charge is -2.35. The Morgan fingerprint density at radius 2 is 2.00 bits per heavy atom. The van der Waals surface area contributed by atoms with Crippen LogP contribution in [0.1, 0.15) is 42.6 Å². The van der Waals surface area contributed by atoms with Crippen LogP contribution in [-0.4, -0.2) is 24.7 Å². The van der Waals surface area contributed by atoms with Gasteiger partial charge in [-0.1, -0.05) is 17.7 Å². The zero-order valence-electron chi connectivity index (χ0n) is 12.4. The molecule has 1 fully saturated rings. The molecular formula is C16H23ClNO2+. The summed E-state index contributed by atoms with van der Waals surface area (Å²) in [6.07, 6.45) is 2.18. The molecule has 1 heterocycles. The quantitative estimate of drug-likeness (QED) is 0.871. The standard InChI is InChI=1S/C16H22ClNO2/c1-11-13(5-4-6-14(11)17)15(19)20-16(2,3)12-7-9-18-10-8-12/h4-6,12,18H,7-10H2,1-3H3/p+1. The van der Waals surface area contributed by atoms with Crippen molar-refractivity contribution in [2.45, 2.75) is 39.2 Å². The van der Waals surface area contributed by atoms with Crippen molar-refractivity contribution in [1.29, 1.82) is 0 Å². The van der Waals surface area contributed by atoms with Crippen molar-refractivity contribution in [2.24, 2.45) is 5.92 Å². The second-order valence-electron chi connectivity index (χ2n) is 6.05. The molecule has 0 spiro atoms. The van der Waals surface area contributed by atoms with Crippen LogP contribution in [0.2, 0.25) is 5.02 Å². The first-order valence-corrected chi connectivity index (χ1v) is 7.60. The highest BCUT2D eigenvalue weighted by molar-refractivity contribution is 6.31. The van der Waals surface area contributed by atoms with Gasteiger partial charge < -0.3 is 10.1 Å². The molecule has 2 N–H and O–H groups in total. The van der Waals surface area contributed by atoms with Crippen LogP contribution in [0.25, 0.3) is 0 Å². The lowest BCUT2D eigenvalue weighted by molar-refractivity contribution is -0.665. The normalized spacial score (nSPS) is 17.0. The molecule has 1 saturated heterocycles. The lowest BCUT2D eigenvalue weighted by atomic mass is 9.83. The summed E-state index contributed by atoms with van der Waals surface area (Å²) in [6, 6.07) is 5.35. The molecule has 0 aromatic heterocycles. The van der Waals surface area contributed by atoms with Gasteiger partial charge in [0.2, 0.25) is 0 Å². The Hall–Kier alpha value is -1.06. The Morgan fingerprint density at radius 1 is 1.35 bits per heavy atom. The summed E-state index contributed by atoms with van der Waals surface area (Å²) in [7, 11) is 0. The van der Waals surface area contributed by atoms with Crippen molar-refractivity contribution in [3.8, 4) is 0 Å². The van der Waals surface area contributed by atoms with Gasteiger partial charge in [-0.3, -0.25) is 0 Å². The topological polar surface area (TPSA) is 42.9 Å². The number of quaternary nitrogens is 1. The molecule has 20 heavy (non-hydrogen) atoms. The molecule has 4 heteroatoms. The predicted octanol–water partition coefficient (Wildman–Crippen LogP) is 2.56. The third kappa shape index (κ3) is 3.33. The van der Waals surface area contributed by atoms with Crippen molar-refractivity contribution in [3.05, 3.63) is 34.3 Å². The molecule has 0 bridgehead atoms. The molecule has 110 valence electrons. The number of nitrogens with two attached hydrogens (primary N) is 1. The maximum atomic E-state index is 12.4. The van der Waals surface area contributed by atoms with Gasteiger partial charge in [-0.2, -0.15) is 0 Å². The summed E-state index contributed by atoms with van der Waals surface area (Å²) >= 11 is 6.07. The number of esters is 1. The molecule has 0 aliphatic carbocycles. The smallest absolute Gasteiger partial charge is 0.338 e. The molecule has 1 aliphatic heterocycles. The Labute approximate surface area is 125 Å². The number of hydrogen-bond donors (Lipinski definition) is 1. The number of carbonyl (C=O) groups excluding carboxylic acids is 1. The highest BCUT2D eigenvalue weighted by Gasteiger charge is 2.35. The maximum absolute atomic E-state index is 12.4. The summed E-state index contributed by atoms with van der Waals surface area (Å²) in [5.74, 6) is 0.153. The molecule has 1 aliphatic rings. The summed E-state index contributed by atoms with van der Waals surface area (Å²) in [5.41, 5.74) is 0.917. The van der Waals surface area contributed by atoms with Gasteiger partial charge in [-0.05, 0) is 38.5 Å². The van der Waals surface area contributed by atoms with Crippen LogP contribution < -0.4 is 5.32 Å². The third-order valence-electron chi connectivity index (χ3n) is 4.27. The van der Waals surface area contributed by atoms with Crippen molar-refractivity contribution in [1.82, 2.24) is 0 Å². The van der Waals surface area contributed by atoms with E-state index >= 15 is 0 Å². The fraction of sp³-hybridized carbons (Fsp3) is 0.562. The number of benzene rings is 1. The Balaban J connectivity index is 2.11. The molecule has 0 radical (unpaired) electrons. The maximum Gasteiger partial charge on any atom is 0.338 e. The molecule has 1 aromatic rings. The summed E-state index contributed by atoms with van der Waals surface area (Å²) < 4.78 is 5.79. The number of rotatable bonds is 3. The predicted molar refractivity (Wildman–Crippen MR) is 80.1 cm³/mol. The van der Waals surface area contributed by atoms with E-state index < -0.39 is 5.60 Å². The minimum atomic E-state index is -0.430. The summed E-state index contributed by atoms with van der Waals surface area (Å²) in [4.78, 5) is 12.4. The first-order chi connectivity index (χ1) is 9.42. The van der Waals surface area contributed by atoms with Crippen LogP contribution in [0.3, 0.4) is 0 Å². The molecule has 0 saturated carbocycles. The minimum Gasteiger partial charge on any atom is -0.456 e.